The molecule has 3 rings (SSSR count). The zero-order valence-corrected chi connectivity index (χ0v) is 15.8. The van der Waals surface area contributed by atoms with Crippen LogP contribution < -0.4 is 20.7 Å². The number of hydrogen-bond acceptors (Lipinski definition) is 4. The second kappa shape index (κ2) is 9.37. The zero-order chi connectivity index (χ0) is 21.6. The van der Waals surface area contributed by atoms with E-state index < -0.39 is 12.1 Å². The topological polar surface area (TPSA) is 99.7 Å². The largest absolute Gasteiger partial charge is 0.495 e. The van der Waals surface area contributed by atoms with Gasteiger partial charge in [0.05, 0.1) is 12.8 Å². The van der Waals surface area contributed by atoms with E-state index in [9.17, 15) is 18.0 Å². The van der Waals surface area contributed by atoms with Crippen LogP contribution in [0.2, 0.25) is 5.02 Å². The molecule has 0 atom stereocenters. The Balaban J connectivity index is 0.000000370. The van der Waals surface area contributed by atoms with Crippen LogP contribution in [0.1, 0.15) is 5.56 Å². The number of carboxylic acid groups (broad SMARTS) is 1. The molecular weight excluding hydrogens is 415 g/mol. The number of benzene rings is 2. The number of carboxylic acids is 1. The second-order valence-electron chi connectivity index (χ2n) is 5.74. The van der Waals surface area contributed by atoms with E-state index in [0.717, 1.165) is 29.9 Å². The Morgan fingerprint density at radius 3 is 2.45 bits per heavy atom. The van der Waals surface area contributed by atoms with Crippen molar-refractivity contribution in [2.24, 2.45) is 0 Å². The Bertz CT molecular complexity index is 900. The Labute approximate surface area is 168 Å². The highest BCUT2D eigenvalue weighted by molar-refractivity contribution is 6.31. The summed E-state index contributed by atoms with van der Waals surface area (Å²) in [6.07, 6.45) is -4.19. The number of aliphatic carboxylic acids is 1. The highest BCUT2D eigenvalue weighted by Crippen LogP contribution is 2.30. The second-order valence-corrected chi connectivity index (χ2v) is 6.17. The molecule has 0 spiro atoms. The van der Waals surface area contributed by atoms with Crippen molar-refractivity contribution in [2.45, 2.75) is 12.6 Å². The quantitative estimate of drug-likeness (QED) is 0.569. The standard InChI is InChI=1S/C16H16ClN3O2.C2HF3O2/c1-22-15-6-5-10(17)9-14(15)20-16(21)19-13-4-2-3-12-11(13)7-8-18-12;3-2(4,5)1(6)7/h2-6,9,18H,7-8H2,1H3,(H2,19,20,21);(H,6,7). The maximum absolute atomic E-state index is 12.2. The van der Waals surface area contributed by atoms with Crippen LogP contribution >= 0.6 is 11.6 Å². The highest BCUT2D eigenvalue weighted by Gasteiger charge is 2.38. The molecular formula is C18H17ClF3N3O4. The minimum absolute atomic E-state index is 0.333. The van der Waals surface area contributed by atoms with Gasteiger partial charge in [0.25, 0.3) is 0 Å². The van der Waals surface area contributed by atoms with Crippen molar-refractivity contribution in [3.63, 3.8) is 0 Å². The average molecular weight is 432 g/mol. The van der Waals surface area contributed by atoms with Crippen molar-refractivity contribution in [2.75, 3.05) is 29.6 Å². The number of amides is 2. The van der Waals surface area contributed by atoms with Gasteiger partial charge in [-0.25, -0.2) is 9.59 Å². The van der Waals surface area contributed by atoms with Gasteiger partial charge in [0.1, 0.15) is 5.75 Å². The SMILES string of the molecule is COc1ccc(Cl)cc1NC(=O)Nc1cccc2c1CCN2.O=C(O)C(F)(F)F. The van der Waals surface area contributed by atoms with Crippen molar-refractivity contribution >= 4 is 40.7 Å². The number of urea groups is 1. The fraction of sp³-hybridized carbons (Fsp3) is 0.222. The third-order valence-electron chi connectivity index (χ3n) is 3.77. The number of hydrogen-bond donors (Lipinski definition) is 4. The molecule has 0 unspecified atom stereocenters. The number of alkyl halides is 3. The lowest BCUT2D eigenvalue weighted by Gasteiger charge is -2.13. The first-order valence-corrected chi connectivity index (χ1v) is 8.57. The highest BCUT2D eigenvalue weighted by atomic mass is 35.5. The minimum atomic E-state index is -5.08. The molecule has 0 radical (unpaired) electrons. The lowest BCUT2D eigenvalue weighted by molar-refractivity contribution is -0.192. The van der Waals surface area contributed by atoms with Crippen LogP contribution in [0.15, 0.2) is 36.4 Å². The summed E-state index contributed by atoms with van der Waals surface area (Å²) in [4.78, 5) is 21.1. The number of carbonyl (C=O) groups excluding carboxylic acids is 1. The Kier molecular flexibility index (Phi) is 7.16. The number of rotatable bonds is 3. The zero-order valence-electron chi connectivity index (χ0n) is 15.1. The first kappa shape index (κ1) is 22.2. The molecule has 1 heterocycles. The number of anilines is 3. The number of methoxy groups -OCH3 is 1. The summed E-state index contributed by atoms with van der Waals surface area (Å²) in [6, 6.07) is 10.5. The van der Waals surface area contributed by atoms with Crippen LogP contribution in [0.5, 0.6) is 5.75 Å². The summed E-state index contributed by atoms with van der Waals surface area (Å²) in [5.41, 5.74) is 3.52. The fourth-order valence-electron chi connectivity index (χ4n) is 2.51. The van der Waals surface area contributed by atoms with Gasteiger partial charge >= 0.3 is 18.2 Å². The summed E-state index contributed by atoms with van der Waals surface area (Å²) in [5.74, 6) is -2.20. The Hall–Kier alpha value is -3.14. The van der Waals surface area contributed by atoms with Crippen molar-refractivity contribution in [1.82, 2.24) is 0 Å². The van der Waals surface area contributed by atoms with Crippen molar-refractivity contribution < 1.29 is 32.6 Å². The monoisotopic (exact) mass is 431 g/mol. The van der Waals surface area contributed by atoms with Crippen LogP contribution in [0.25, 0.3) is 0 Å². The normalized spacial score (nSPS) is 12.0. The third-order valence-corrected chi connectivity index (χ3v) is 4.00. The predicted molar refractivity (Wildman–Crippen MR) is 103 cm³/mol. The van der Waals surface area contributed by atoms with Crippen LogP contribution in [0.4, 0.5) is 35.0 Å². The van der Waals surface area contributed by atoms with E-state index in [4.69, 9.17) is 26.2 Å². The maximum Gasteiger partial charge on any atom is 0.490 e. The van der Waals surface area contributed by atoms with Gasteiger partial charge in [-0.3, -0.25) is 0 Å². The molecule has 2 aromatic rings. The van der Waals surface area contributed by atoms with E-state index in [1.54, 1.807) is 25.3 Å². The van der Waals surface area contributed by atoms with E-state index in [0.29, 0.717) is 16.5 Å². The lowest BCUT2D eigenvalue weighted by Crippen LogP contribution is -2.21. The summed E-state index contributed by atoms with van der Waals surface area (Å²) >= 11 is 5.96. The molecule has 156 valence electrons. The molecule has 0 aromatic heterocycles. The third kappa shape index (κ3) is 6.18. The van der Waals surface area contributed by atoms with Gasteiger partial charge in [0.15, 0.2) is 0 Å². The van der Waals surface area contributed by atoms with Crippen molar-refractivity contribution in [3.05, 3.63) is 47.0 Å². The van der Waals surface area contributed by atoms with Gasteiger partial charge in [0.2, 0.25) is 0 Å². The Morgan fingerprint density at radius 2 is 1.83 bits per heavy atom. The molecule has 0 saturated carbocycles. The van der Waals surface area contributed by atoms with Gasteiger partial charge in [-0.2, -0.15) is 13.2 Å². The van der Waals surface area contributed by atoms with E-state index >= 15 is 0 Å². The number of nitrogens with one attached hydrogen (secondary N) is 3. The van der Waals surface area contributed by atoms with E-state index in [1.165, 1.54) is 0 Å². The van der Waals surface area contributed by atoms with Gasteiger partial charge in [0, 0.05) is 28.5 Å². The van der Waals surface area contributed by atoms with Crippen LogP contribution in [-0.4, -0.2) is 36.9 Å². The number of halogens is 4. The summed E-state index contributed by atoms with van der Waals surface area (Å²) < 4.78 is 37.0. The van der Waals surface area contributed by atoms with E-state index in [2.05, 4.69) is 16.0 Å². The smallest absolute Gasteiger partial charge is 0.490 e. The molecule has 0 saturated heterocycles. The average Bonchev–Trinajstić information content (AvgIpc) is 3.11. The first-order valence-electron chi connectivity index (χ1n) is 8.19. The van der Waals surface area contributed by atoms with Crippen LogP contribution in [0.3, 0.4) is 0 Å². The molecule has 0 aliphatic carbocycles. The van der Waals surface area contributed by atoms with Crippen molar-refractivity contribution in [3.8, 4) is 5.75 Å². The summed E-state index contributed by atoms with van der Waals surface area (Å²) in [5, 5.41) is 16.6. The summed E-state index contributed by atoms with van der Waals surface area (Å²) in [6.45, 7) is 0.887. The molecule has 2 aromatic carbocycles. The number of fused-ring (bicyclic) bond motifs is 1. The number of ether oxygens (including phenoxy) is 1. The molecule has 0 bridgehead atoms. The molecule has 11 heteroatoms. The maximum atomic E-state index is 12.2. The van der Waals surface area contributed by atoms with Gasteiger partial charge in [-0.15, -0.1) is 0 Å². The van der Waals surface area contributed by atoms with Crippen LogP contribution in [-0.2, 0) is 11.2 Å². The fourth-order valence-corrected chi connectivity index (χ4v) is 2.69. The molecule has 1 aliphatic heterocycles. The Morgan fingerprint density at radius 1 is 1.17 bits per heavy atom. The minimum Gasteiger partial charge on any atom is -0.495 e. The van der Waals surface area contributed by atoms with Crippen molar-refractivity contribution in [1.29, 1.82) is 0 Å². The first-order chi connectivity index (χ1) is 13.6. The van der Waals surface area contributed by atoms with E-state index in [-0.39, 0.29) is 6.03 Å². The molecule has 2 amide bonds. The number of carbonyl (C=O) groups is 2. The van der Waals surface area contributed by atoms with Crippen LogP contribution in [0, 0.1) is 0 Å². The predicted octanol–water partition coefficient (Wildman–Crippen LogP) is 4.59. The molecule has 7 nitrogen and oxygen atoms in total. The molecule has 29 heavy (non-hydrogen) atoms. The summed E-state index contributed by atoms with van der Waals surface area (Å²) in [7, 11) is 1.54. The van der Waals surface area contributed by atoms with Gasteiger partial charge in [-0.1, -0.05) is 17.7 Å². The van der Waals surface area contributed by atoms with Gasteiger partial charge in [-0.05, 0) is 36.8 Å². The molecule has 1 aliphatic rings. The molecule has 0 fully saturated rings. The lowest BCUT2D eigenvalue weighted by atomic mass is 10.1. The van der Waals surface area contributed by atoms with Gasteiger partial charge < -0.3 is 25.8 Å². The van der Waals surface area contributed by atoms with E-state index in [1.807, 2.05) is 18.2 Å². The molecule has 4 N–H and O–H groups in total.